The molecule has 0 aromatic heterocycles. The molecule has 84 valence electrons. The first-order valence-corrected chi connectivity index (χ1v) is 6.61. The Kier molecular flexibility index (Phi) is 2.69. The summed E-state index contributed by atoms with van der Waals surface area (Å²) in [6, 6.07) is 10.9. The van der Waals surface area contributed by atoms with Crippen molar-refractivity contribution in [3.63, 3.8) is 0 Å². The second-order valence-corrected chi connectivity index (χ2v) is 5.24. The lowest BCUT2D eigenvalue weighted by Crippen LogP contribution is -2.12. The highest BCUT2D eigenvalue weighted by Crippen LogP contribution is 2.23. The van der Waals surface area contributed by atoms with Crippen LogP contribution in [-0.2, 0) is 16.4 Å². The summed E-state index contributed by atoms with van der Waals surface area (Å²) < 4.78 is 22.8. The van der Waals surface area contributed by atoms with Crippen molar-refractivity contribution in [3.05, 3.63) is 42.0 Å². The number of rotatable bonds is 2. The molecule has 0 heterocycles. The largest absolute Gasteiger partial charge is 0.238 e. The molecule has 4 heteroatoms. The van der Waals surface area contributed by atoms with Crippen LogP contribution in [-0.4, -0.2) is 8.42 Å². The Bertz CT molecular complexity index is 633. The van der Waals surface area contributed by atoms with E-state index in [0.717, 1.165) is 17.4 Å². The summed E-state index contributed by atoms with van der Waals surface area (Å²) in [7, 11) is -3.65. The van der Waals surface area contributed by atoms with E-state index < -0.39 is 10.0 Å². The summed E-state index contributed by atoms with van der Waals surface area (Å²) in [4.78, 5) is 0.195. The fraction of sp³-hybridized carbons (Fsp3) is 0.167. The van der Waals surface area contributed by atoms with Gasteiger partial charge in [-0.1, -0.05) is 31.2 Å². The first kappa shape index (κ1) is 11.1. The molecule has 2 aromatic rings. The van der Waals surface area contributed by atoms with E-state index in [4.69, 9.17) is 5.14 Å². The molecule has 3 nitrogen and oxygen atoms in total. The van der Waals surface area contributed by atoms with Crippen LogP contribution >= 0.6 is 0 Å². The predicted octanol–water partition coefficient (Wildman–Crippen LogP) is 2.05. The van der Waals surface area contributed by atoms with Gasteiger partial charge in [-0.2, -0.15) is 0 Å². The smallest absolute Gasteiger partial charge is 0.225 e. The minimum atomic E-state index is -3.65. The normalized spacial score (nSPS) is 11.9. The molecule has 0 atom stereocenters. The van der Waals surface area contributed by atoms with E-state index in [9.17, 15) is 8.42 Å². The molecular formula is C12H13NO2S. The molecule has 16 heavy (non-hydrogen) atoms. The summed E-state index contributed by atoms with van der Waals surface area (Å²) in [5.41, 5.74) is 1.10. The van der Waals surface area contributed by atoms with Gasteiger partial charge in [0.15, 0.2) is 0 Å². The van der Waals surface area contributed by atoms with Crippen LogP contribution < -0.4 is 5.14 Å². The van der Waals surface area contributed by atoms with Crippen LogP contribution in [0.2, 0.25) is 0 Å². The Morgan fingerprint density at radius 2 is 1.94 bits per heavy atom. The first-order chi connectivity index (χ1) is 7.52. The monoisotopic (exact) mass is 235 g/mol. The Hall–Kier alpha value is -1.39. The van der Waals surface area contributed by atoms with E-state index in [1.165, 1.54) is 6.07 Å². The zero-order chi connectivity index (χ0) is 11.8. The third-order valence-electron chi connectivity index (χ3n) is 2.62. The first-order valence-electron chi connectivity index (χ1n) is 5.07. The molecule has 0 saturated heterocycles. The quantitative estimate of drug-likeness (QED) is 0.866. The summed E-state index contributed by atoms with van der Waals surface area (Å²) in [5, 5.41) is 6.78. The molecule has 0 aliphatic rings. The van der Waals surface area contributed by atoms with Crippen molar-refractivity contribution >= 4 is 20.8 Å². The van der Waals surface area contributed by atoms with Crippen LogP contribution in [0.5, 0.6) is 0 Å². The van der Waals surface area contributed by atoms with Gasteiger partial charge in [0.05, 0.1) is 4.90 Å². The lowest BCUT2D eigenvalue weighted by Gasteiger charge is -2.06. The molecule has 0 fully saturated rings. The number of sulfonamides is 1. The van der Waals surface area contributed by atoms with Crippen molar-refractivity contribution in [2.24, 2.45) is 5.14 Å². The molecule has 2 aromatic carbocycles. The van der Waals surface area contributed by atoms with Crippen LogP contribution in [0.1, 0.15) is 12.5 Å². The van der Waals surface area contributed by atoms with Gasteiger partial charge in [0.25, 0.3) is 0 Å². The number of benzene rings is 2. The highest BCUT2D eigenvalue weighted by atomic mass is 32.2. The molecule has 0 radical (unpaired) electrons. The Morgan fingerprint density at radius 3 is 2.56 bits per heavy atom. The average Bonchev–Trinajstić information content (AvgIpc) is 2.26. The van der Waals surface area contributed by atoms with Gasteiger partial charge >= 0.3 is 0 Å². The van der Waals surface area contributed by atoms with Gasteiger partial charge in [-0.15, -0.1) is 0 Å². The van der Waals surface area contributed by atoms with E-state index in [1.807, 2.05) is 31.2 Å². The summed E-state index contributed by atoms with van der Waals surface area (Å²) in [6.07, 6.45) is 0.870. The second kappa shape index (κ2) is 3.88. The zero-order valence-electron chi connectivity index (χ0n) is 8.97. The minimum absolute atomic E-state index is 0.195. The standard InChI is InChI=1S/C12H13NO2S/c1-2-9-6-7-10-4-3-5-12(11(10)8-9)16(13,14)15/h3-8H,2H2,1H3,(H2,13,14,15). The average molecular weight is 235 g/mol. The number of nitrogens with two attached hydrogens (primary N) is 1. The van der Waals surface area contributed by atoms with E-state index in [0.29, 0.717) is 5.39 Å². The van der Waals surface area contributed by atoms with Gasteiger partial charge < -0.3 is 0 Å². The highest BCUT2D eigenvalue weighted by molar-refractivity contribution is 7.89. The van der Waals surface area contributed by atoms with Gasteiger partial charge in [0, 0.05) is 5.39 Å². The fourth-order valence-electron chi connectivity index (χ4n) is 1.76. The van der Waals surface area contributed by atoms with E-state index in [-0.39, 0.29) is 4.90 Å². The lowest BCUT2D eigenvalue weighted by molar-refractivity contribution is 0.598. The summed E-state index contributed by atoms with van der Waals surface area (Å²) >= 11 is 0. The van der Waals surface area contributed by atoms with Gasteiger partial charge in [-0.05, 0) is 29.5 Å². The maximum Gasteiger partial charge on any atom is 0.238 e. The molecule has 0 saturated carbocycles. The molecule has 0 aliphatic heterocycles. The molecule has 2 N–H and O–H groups in total. The second-order valence-electron chi connectivity index (χ2n) is 3.71. The predicted molar refractivity (Wildman–Crippen MR) is 64.7 cm³/mol. The highest BCUT2D eigenvalue weighted by Gasteiger charge is 2.11. The molecule has 2 rings (SSSR count). The summed E-state index contributed by atoms with van der Waals surface area (Å²) in [6.45, 7) is 2.03. The van der Waals surface area contributed by atoms with Gasteiger partial charge in [-0.3, -0.25) is 0 Å². The maximum atomic E-state index is 11.4. The lowest BCUT2D eigenvalue weighted by atomic mass is 10.1. The molecule has 0 amide bonds. The zero-order valence-corrected chi connectivity index (χ0v) is 9.79. The van der Waals surface area contributed by atoms with Crippen LogP contribution in [0.3, 0.4) is 0 Å². The van der Waals surface area contributed by atoms with Crippen LogP contribution in [0.4, 0.5) is 0 Å². The van der Waals surface area contributed by atoms with Gasteiger partial charge in [0.1, 0.15) is 0 Å². The van der Waals surface area contributed by atoms with Crippen LogP contribution in [0.25, 0.3) is 10.8 Å². The molecular weight excluding hydrogens is 222 g/mol. The van der Waals surface area contributed by atoms with Crippen molar-refractivity contribution in [2.45, 2.75) is 18.2 Å². The third-order valence-corrected chi connectivity index (χ3v) is 3.59. The number of hydrogen-bond donors (Lipinski definition) is 1. The van der Waals surface area contributed by atoms with E-state index >= 15 is 0 Å². The van der Waals surface area contributed by atoms with Crippen LogP contribution in [0, 0.1) is 0 Å². The Morgan fingerprint density at radius 1 is 1.19 bits per heavy atom. The molecule has 0 spiro atoms. The Labute approximate surface area is 94.9 Å². The number of fused-ring (bicyclic) bond motifs is 1. The van der Waals surface area contributed by atoms with E-state index in [1.54, 1.807) is 6.07 Å². The van der Waals surface area contributed by atoms with E-state index in [2.05, 4.69) is 0 Å². The maximum absolute atomic E-state index is 11.4. The fourth-order valence-corrected chi connectivity index (χ4v) is 2.51. The SMILES string of the molecule is CCc1ccc2cccc(S(N)(=O)=O)c2c1. The van der Waals surface area contributed by atoms with Crippen molar-refractivity contribution in [1.29, 1.82) is 0 Å². The topological polar surface area (TPSA) is 60.2 Å². The van der Waals surface area contributed by atoms with Crippen molar-refractivity contribution in [3.8, 4) is 0 Å². The van der Waals surface area contributed by atoms with Crippen LogP contribution in [0.15, 0.2) is 41.3 Å². The summed E-state index contributed by atoms with van der Waals surface area (Å²) in [5.74, 6) is 0. The van der Waals surface area contributed by atoms with Gasteiger partial charge in [-0.25, -0.2) is 13.6 Å². The number of primary sulfonamides is 1. The van der Waals surface area contributed by atoms with Crippen molar-refractivity contribution in [2.75, 3.05) is 0 Å². The number of hydrogen-bond acceptors (Lipinski definition) is 2. The number of aryl methyl sites for hydroxylation is 1. The molecule has 0 bridgehead atoms. The molecule has 0 aliphatic carbocycles. The Balaban J connectivity index is 2.85. The van der Waals surface area contributed by atoms with Crippen molar-refractivity contribution < 1.29 is 8.42 Å². The minimum Gasteiger partial charge on any atom is -0.225 e. The van der Waals surface area contributed by atoms with Crippen molar-refractivity contribution in [1.82, 2.24) is 0 Å². The van der Waals surface area contributed by atoms with Gasteiger partial charge in [0.2, 0.25) is 10.0 Å². The third kappa shape index (κ3) is 1.94. The molecule has 0 unspecified atom stereocenters.